The third-order valence-electron chi connectivity index (χ3n) is 5.42. The molecule has 4 rings (SSSR count). The van der Waals surface area contributed by atoms with Gasteiger partial charge in [0, 0.05) is 17.2 Å². The maximum Gasteiger partial charge on any atom is 0.198 e. The van der Waals surface area contributed by atoms with Gasteiger partial charge in [-0.05, 0) is 43.9 Å². The van der Waals surface area contributed by atoms with Crippen LogP contribution in [0.4, 0.5) is 0 Å². The topological polar surface area (TPSA) is 45.4 Å². The van der Waals surface area contributed by atoms with Gasteiger partial charge in [0.05, 0.1) is 0 Å². The summed E-state index contributed by atoms with van der Waals surface area (Å²) in [5, 5.41) is 21.0. The van der Waals surface area contributed by atoms with Crippen molar-refractivity contribution in [2.45, 2.75) is 69.2 Å². The normalized spacial score (nSPS) is 30.9. The zero-order valence-electron chi connectivity index (χ0n) is 10.7. The highest BCUT2D eigenvalue weighted by molar-refractivity contribution is 5.55. The maximum absolute atomic E-state index is 10.5. The largest absolute Gasteiger partial charge is 0.494 e. The monoisotopic (exact) mass is 247 g/mol. The maximum atomic E-state index is 10.5. The number of rotatable bonds is 1. The van der Waals surface area contributed by atoms with Gasteiger partial charge in [-0.2, -0.15) is 0 Å². The molecular formula is C15H21NO2. The molecule has 3 aliphatic rings. The Morgan fingerprint density at radius 1 is 0.778 bits per heavy atom. The molecular weight excluding hydrogens is 226 g/mol. The SMILES string of the molecule is Oc1c2c(c(O)n1C1CCCCC1)C1CCC2C1. The average molecular weight is 247 g/mol. The molecule has 2 saturated carbocycles. The van der Waals surface area contributed by atoms with Gasteiger partial charge in [0.15, 0.2) is 11.8 Å². The van der Waals surface area contributed by atoms with Crippen LogP contribution in [0.25, 0.3) is 0 Å². The van der Waals surface area contributed by atoms with Crippen LogP contribution in [-0.2, 0) is 0 Å². The van der Waals surface area contributed by atoms with E-state index < -0.39 is 0 Å². The molecule has 0 aromatic carbocycles. The smallest absolute Gasteiger partial charge is 0.198 e. The average Bonchev–Trinajstić information content (AvgIpc) is 3.05. The van der Waals surface area contributed by atoms with Gasteiger partial charge in [0.1, 0.15) is 0 Å². The molecule has 1 aromatic heterocycles. The highest BCUT2D eigenvalue weighted by Gasteiger charge is 2.44. The molecule has 1 aromatic rings. The number of hydrogen-bond acceptors (Lipinski definition) is 2. The van der Waals surface area contributed by atoms with Crippen molar-refractivity contribution in [2.24, 2.45) is 0 Å². The van der Waals surface area contributed by atoms with Crippen molar-refractivity contribution in [3.8, 4) is 11.8 Å². The van der Waals surface area contributed by atoms with Crippen molar-refractivity contribution < 1.29 is 10.2 Å². The standard InChI is InChI=1S/C15H21NO2/c17-14-12-9-6-7-10(8-9)13(12)15(18)16(14)11-4-2-1-3-5-11/h9-11,17-18H,1-8H2. The fraction of sp³-hybridized carbons (Fsp3) is 0.733. The van der Waals surface area contributed by atoms with E-state index in [0.29, 0.717) is 29.6 Å². The van der Waals surface area contributed by atoms with Gasteiger partial charge in [-0.3, -0.25) is 4.57 Å². The lowest BCUT2D eigenvalue weighted by atomic mass is 9.95. The summed E-state index contributed by atoms with van der Waals surface area (Å²) < 4.78 is 1.86. The van der Waals surface area contributed by atoms with Crippen LogP contribution in [-0.4, -0.2) is 14.8 Å². The first-order chi connectivity index (χ1) is 8.77. The van der Waals surface area contributed by atoms with E-state index in [1.807, 2.05) is 4.57 Å². The molecule has 1 heterocycles. The summed E-state index contributed by atoms with van der Waals surface area (Å²) in [5.74, 6) is 1.81. The molecule has 2 fully saturated rings. The number of aromatic hydroxyl groups is 2. The molecule has 3 aliphatic carbocycles. The molecule has 3 heteroatoms. The van der Waals surface area contributed by atoms with E-state index in [-0.39, 0.29) is 0 Å². The summed E-state index contributed by atoms with van der Waals surface area (Å²) in [6.45, 7) is 0. The third kappa shape index (κ3) is 1.25. The highest BCUT2D eigenvalue weighted by atomic mass is 16.3. The van der Waals surface area contributed by atoms with E-state index in [9.17, 15) is 10.2 Å². The van der Waals surface area contributed by atoms with Crippen molar-refractivity contribution in [1.29, 1.82) is 0 Å². The quantitative estimate of drug-likeness (QED) is 0.793. The second-order valence-corrected chi connectivity index (χ2v) is 6.34. The molecule has 0 radical (unpaired) electrons. The van der Waals surface area contributed by atoms with E-state index in [4.69, 9.17) is 0 Å². The van der Waals surface area contributed by atoms with Crippen molar-refractivity contribution in [3.63, 3.8) is 0 Å². The summed E-state index contributed by atoms with van der Waals surface area (Å²) in [6, 6.07) is 0.323. The van der Waals surface area contributed by atoms with Crippen LogP contribution >= 0.6 is 0 Å². The zero-order valence-corrected chi connectivity index (χ0v) is 10.7. The van der Waals surface area contributed by atoms with Crippen LogP contribution < -0.4 is 0 Å². The Kier molecular flexibility index (Phi) is 2.21. The molecule has 0 amide bonds. The van der Waals surface area contributed by atoms with Gasteiger partial charge < -0.3 is 10.2 Å². The number of nitrogens with zero attached hydrogens (tertiary/aromatic N) is 1. The Balaban J connectivity index is 1.81. The lowest BCUT2D eigenvalue weighted by Gasteiger charge is -2.25. The molecule has 3 nitrogen and oxygen atoms in total. The van der Waals surface area contributed by atoms with Gasteiger partial charge in [0.2, 0.25) is 0 Å². The second-order valence-electron chi connectivity index (χ2n) is 6.34. The summed E-state index contributed by atoms with van der Waals surface area (Å²) in [5.41, 5.74) is 2.18. The van der Waals surface area contributed by atoms with Gasteiger partial charge in [-0.15, -0.1) is 0 Å². The van der Waals surface area contributed by atoms with Crippen LogP contribution in [0.5, 0.6) is 11.8 Å². The van der Waals surface area contributed by atoms with Crippen LogP contribution in [0.1, 0.15) is 80.4 Å². The minimum absolute atomic E-state index is 0.323. The minimum atomic E-state index is 0.323. The summed E-state index contributed by atoms with van der Waals surface area (Å²) >= 11 is 0. The summed E-state index contributed by atoms with van der Waals surface area (Å²) in [6.07, 6.45) is 9.48. The highest BCUT2D eigenvalue weighted by Crippen LogP contribution is 2.60. The number of fused-ring (bicyclic) bond motifs is 5. The van der Waals surface area contributed by atoms with Crippen molar-refractivity contribution in [3.05, 3.63) is 11.1 Å². The lowest BCUT2D eigenvalue weighted by Crippen LogP contribution is -2.12. The van der Waals surface area contributed by atoms with Crippen LogP contribution in [0, 0.1) is 0 Å². The Morgan fingerprint density at radius 3 is 1.89 bits per heavy atom. The first-order valence-electron chi connectivity index (χ1n) is 7.43. The van der Waals surface area contributed by atoms with Gasteiger partial charge in [-0.1, -0.05) is 19.3 Å². The molecule has 18 heavy (non-hydrogen) atoms. The Bertz CT molecular complexity index is 452. The molecule has 0 spiro atoms. The van der Waals surface area contributed by atoms with E-state index >= 15 is 0 Å². The molecule has 2 unspecified atom stereocenters. The molecule has 0 aliphatic heterocycles. The molecule has 2 N–H and O–H groups in total. The van der Waals surface area contributed by atoms with Crippen LogP contribution in [0.2, 0.25) is 0 Å². The summed E-state index contributed by atoms with van der Waals surface area (Å²) in [4.78, 5) is 0. The number of hydrogen-bond donors (Lipinski definition) is 2. The fourth-order valence-electron chi connectivity index (χ4n) is 4.60. The van der Waals surface area contributed by atoms with E-state index in [1.54, 1.807) is 0 Å². The van der Waals surface area contributed by atoms with E-state index in [0.717, 1.165) is 30.4 Å². The predicted molar refractivity (Wildman–Crippen MR) is 69.2 cm³/mol. The second kappa shape index (κ2) is 3.69. The fourth-order valence-corrected chi connectivity index (χ4v) is 4.60. The first-order valence-corrected chi connectivity index (χ1v) is 7.43. The van der Waals surface area contributed by atoms with Crippen LogP contribution in [0.15, 0.2) is 0 Å². The molecule has 2 bridgehead atoms. The summed E-state index contributed by atoms with van der Waals surface area (Å²) in [7, 11) is 0. The predicted octanol–water partition coefficient (Wildman–Crippen LogP) is 3.77. The van der Waals surface area contributed by atoms with Gasteiger partial charge in [-0.25, -0.2) is 0 Å². The Labute approximate surface area is 107 Å². The lowest BCUT2D eigenvalue weighted by molar-refractivity contribution is 0.278. The molecule has 98 valence electrons. The van der Waals surface area contributed by atoms with E-state index in [2.05, 4.69) is 0 Å². The number of aromatic nitrogens is 1. The van der Waals surface area contributed by atoms with E-state index in [1.165, 1.54) is 32.1 Å². The Morgan fingerprint density at radius 2 is 1.33 bits per heavy atom. The minimum Gasteiger partial charge on any atom is -0.494 e. The Hall–Kier alpha value is -1.12. The van der Waals surface area contributed by atoms with Crippen LogP contribution in [0.3, 0.4) is 0 Å². The van der Waals surface area contributed by atoms with Crippen molar-refractivity contribution >= 4 is 0 Å². The molecule has 0 saturated heterocycles. The van der Waals surface area contributed by atoms with Crippen molar-refractivity contribution in [1.82, 2.24) is 4.57 Å². The third-order valence-corrected chi connectivity index (χ3v) is 5.42. The van der Waals surface area contributed by atoms with Gasteiger partial charge in [0.25, 0.3) is 0 Å². The first kappa shape index (κ1) is 10.8. The molecule has 2 atom stereocenters. The van der Waals surface area contributed by atoms with Crippen molar-refractivity contribution in [2.75, 3.05) is 0 Å². The zero-order chi connectivity index (χ0) is 12.3. The van der Waals surface area contributed by atoms with Gasteiger partial charge >= 0.3 is 0 Å².